The highest BCUT2D eigenvalue weighted by molar-refractivity contribution is 5.82. The molecule has 0 bridgehead atoms. The van der Waals surface area contributed by atoms with Gasteiger partial charge in [0.2, 0.25) is 0 Å². The molecule has 3 nitrogen and oxygen atoms in total. The van der Waals surface area contributed by atoms with E-state index in [0.29, 0.717) is 5.69 Å². The van der Waals surface area contributed by atoms with Crippen LogP contribution in [-0.2, 0) is 11.2 Å². The number of rotatable bonds is 2. The van der Waals surface area contributed by atoms with Gasteiger partial charge >= 0.3 is 5.97 Å². The molecule has 0 aliphatic heterocycles. The third-order valence-electron chi connectivity index (χ3n) is 1.93. The molecule has 0 atom stereocenters. The van der Waals surface area contributed by atoms with E-state index in [1.807, 2.05) is 12.1 Å². The molecule has 0 saturated heterocycles. The van der Waals surface area contributed by atoms with E-state index in [4.69, 9.17) is 5.11 Å². The van der Waals surface area contributed by atoms with Crippen molar-refractivity contribution in [3.05, 3.63) is 42.2 Å². The fourth-order valence-corrected chi connectivity index (χ4v) is 1.31. The molecule has 1 N–H and O–H groups in total. The minimum absolute atomic E-state index is 0.0430. The van der Waals surface area contributed by atoms with Crippen molar-refractivity contribution in [1.29, 1.82) is 0 Å². The van der Waals surface area contributed by atoms with Gasteiger partial charge in [-0.3, -0.25) is 9.78 Å². The zero-order valence-corrected chi connectivity index (χ0v) is 7.40. The third-order valence-corrected chi connectivity index (χ3v) is 1.93. The van der Waals surface area contributed by atoms with E-state index < -0.39 is 5.97 Å². The number of hydrogen-bond acceptors (Lipinski definition) is 2. The third kappa shape index (κ3) is 1.71. The summed E-state index contributed by atoms with van der Waals surface area (Å²) < 4.78 is 0. The minimum Gasteiger partial charge on any atom is -0.481 e. The van der Waals surface area contributed by atoms with Gasteiger partial charge in [0.05, 0.1) is 12.1 Å². The van der Waals surface area contributed by atoms with Crippen molar-refractivity contribution in [3.8, 4) is 0 Å². The van der Waals surface area contributed by atoms with Gasteiger partial charge in [0.15, 0.2) is 0 Å². The van der Waals surface area contributed by atoms with Crippen LogP contribution in [0.1, 0.15) is 5.69 Å². The molecule has 1 aromatic heterocycles. The number of carboxylic acids is 1. The first-order chi connectivity index (χ1) is 6.75. The molecule has 0 amide bonds. The predicted octanol–water partition coefficient (Wildman–Crippen LogP) is 1.66. The van der Waals surface area contributed by atoms with Gasteiger partial charge in [-0.1, -0.05) is 18.2 Å². The maximum absolute atomic E-state index is 10.5. The number of hydrogen-bond donors (Lipinski definition) is 1. The summed E-state index contributed by atoms with van der Waals surface area (Å²) in [4.78, 5) is 14.5. The summed E-state index contributed by atoms with van der Waals surface area (Å²) >= 11 is 0. The zero-order chi connectivity index (χ0) is 9.97. The number of fused-ring (bicyclic) bond motifs is 1. The first kappa shape index (κ1) is 8.69. The number of aliphatic carboxylic acids is 1. The van der Waals surface area contributed by atoms with Gasteiger partial charge in [-0.05, 0) is 17.5 Å². The second-order valence-electron chi connectivity index (χ2n) is 3.00. The van der Waals surface area contributed by atoms with Crippen molar-refractivity contribution in [1.82, 2.24) is 4.98 Å². The summed E-state index contributed by atoms with van der Waals surface area (Å²) in [7, 11) is 0. The summed E-state index contributed by atoms with van der Waals surface area (Å²) in [5.74, 6) is -0.868. The Labute approximate surface area is 81.0 Å². The molecule has 0 saturated carbocycles. The number of carbonyl (C=O) groups is 1. The Morgan fingerprint density at radius 2 is 2.43 bits per heavy atom. The smallest absolute Gasteiger partial charge is 0.309 e. The number of pyridine rings is 1. The molecule has 0 fully saturated rings. The average molecular weight is 186 g/mol. The maximum Gasteiger partial charge on any atom is 0.309 e. The summed E-state index contributed by atoms with van der Waals surface area (Å²) in [6.07, 6.45) is 1.63. The van der Waals surface area contributed by atoms with Crippen LogP contribution in [0.25, 0.3) is 10.8 Å². The van der Waals surface area contributed by atoms with Crippen molar-refractivity contribution in [2.24, 2.45) is 0 Å². The molecule has 1 aromatic carbocycles. The maximum atomic E-state index is 10.5. The summed E-state index contributed by atoms with van der Waals surface area (Å²) in [6, 6.07) is 10.4. The van der Waals surface area contributed by atoms with Crippen LogP contribution in [0.5, 0.6) is 0 Å². The molecule has 1 heterocycles. The molecule has 69 valence electrons. The van der Waals surface area contributed by atoms with E-state index >= 15 is 0 Å². The van der Waals surface area contributed by atoms with Crippen molar-refractivity contribution >= 4 is 16.7 Å². The molecule has 0 unspecified atom stereocenters. The highest BCUT2D eigenvalue weighted by atomic mass is 16.4. The number of nitrogens with zero attached hydrogens (tertiary/aromatic N) is 1. The fraction of sp³-hybridized carbons (Fsp3) is 0.0909. The Balaban J connectivity index is 2.46. The first-order valence-corrected chi connectivity index (χ1v) is 4.23. The van der Waals surface area contributed by atoms with Crippen molar-refractivity contribution in [3.63, 3.8) is 0 Å². The van der Waals surface area contributed by atoms with Crippen molar-refractivity contribution < 1.29 is 9.90 Å². The van der Waals surface area contributed by atoms with Crippen LogP contribution >= 0.6 is 0 Å². The number of carboxylic acid groups (broad SMARTS) is 1. The number of aromatic nitrogens is 1. The Morgan fingerprint density at radius 3 is 3.21 bits per heavy atom. The van der Waals surface area contributed by atoms with E-state index in [9.17, 15) is 4.79 Å². The minimum atomic E-state index is -0.868. The van der Waals surface area contributed by atoms with Crippen LogP contribution in [0.4, 0.5) is 0 Å². The summed E-state index contributed by atoms with van der Waals surface area (Å²) in [5, 5.41) is 10.5. The lowest BCUT2D eigenvalue weighted by Crippen LogP contribution is -2.01. The Kier molecular flexibility index (Phi) is 2.14. The second-order valence-corrected chi connectivity index (χ2v) is 3.00. The van der Waals surface area contributed by atoms with Crippen LogP contribution in [0.15, 0.2) is 30.5 Å². The standard InChI is InChI=1S/C11H8NO2/c13-11(14)6-10-5-8-3-1-2-4-9(8)7-12-10/h1-2,4-5,7H,6H2,(H,13,14). The largest absolute Gasteiger partial charge is 0.481 e. The molecule has 3 heteroatoms. The highest BCUT2D eigenvalue weighted by Gasteiger charge is 2.02. The SMILES string of the molecule is O=C(O)Cc1cc2[c]cccc2cn1. The van der Waals surface area contributed by atoms with E-state index in [1.54, 1.807) is 18.3 Å². The van der Waals surface area contributed by atoms with Gasteiger partial charge < -0.3 is 5.11 Å². The van der Waals surface area contributed by atoms with Crippen LogP contribution in [0.2, 0.25) is 0 Å². The normalized spacial score (nSPS) is 10.3. The van der Waals surface area contributed by atoms with E-state index in [-0.39, 0.29) is 6.42 Å². The van der Waals surface area contributed by atoms with Crippen LogP contribution in [-0.4, -0.2) is 16.1 Å². The van der Waals surface area contributed by atoms with E-state index in [2.05, 4.69) is 11.1 Å². The molecular formula is C11H8NO2. The average Bonchev–Trinajstić information content (AvgIpc) is 2.17. The summed E-state index contributed by atoms with van der Waals surface area (Å²) in [5.41, 5.74) is 0.562. The van der Waals surface area contributed by atoms with Gasteiger partial charge in [0.25, 0.3) is 0 Å². The van der Waals surface area contributed by atoms with Crippen LogP contribution in [0, 0.1) is 6.07 Å². The molecule has 0 aliphatic rings. The Hall–Kier alpha value is -1.90. The van der Waals surface area contributed by atoms with Gasteiger partial charge in [-0.15, -0.1) is 0 Å². The molecule has 2 aromatic rings. The first-order valence-electron chi connectivity index (χ1n) is 4.23. The quantitative estimate of drug-likeness (QED) is 0.776. The second kappa shape index (κ2) is 3.46. The monoisotopic (exact) mass is 186 g/mol. The summed E-state index contributed by atoms with van der Waals surface area (Å²) in [6.45, 7) is 0. The topological polar surface area (TPSA) is 50.2 Å². The highest BCUT2D eigenvalue weighted by Crippen LogP contribution is 2.12. The van der Waals surface area contributed by atoms with Crippen LogP contribution < -0.4 is 0 Å². The van der Waals surface area contributed by atoms with E-state index in [0.717, 1.165) is 10.8 Å². The molecule has 14 heavy (non-hydrogen) atoms. The molecule has 1 radical (unpaired) electrons. The van der Waals surface area contributed by atoms with Gasteiger partial charge in [0.1, 0.15) is 0 Å². The lowest BCUT2D eigenvalue weighted by Gasteiger charge is -1.99. The Bertz CT molecular complexity index is 479. The Morgan fingerprint density at radius 1 is 1.57 bits per heavy atom. The lowest BCUT2D eigenvalue weighted by atomic mass is 10.1. The van der Waals surface area contributed by atoms with Crippen LogP contribution in [0.3, 0.4) is 0 Å². The van der Waals surface area contributed by atoms with Gasteiger partial charge in [-0.2, -0.15) is 0 Å². The lowest BCUT2D eigenvalue weighted by molar-refractivity contribution is -0.136. The van der Waals surface area contributed by atoms with Gasteiger partial charge in [0, 0.05) is 11.6 Å². The molecular weight excluding hydrogens is 178 g/mol. The zero-order valence-electron chi connectivity index (χ0n) is 7.40. The van der Waals surface area contributed by atoms with E-state index in [1.165, 1.54) is 0 Å². The molecule has 0 spiro atoms. The molecule has 2 rings (SSSR count). The predicted molar refractivity (Wildman–Crippen MR) is 51.9 cm³/mol. The van der Waals surface area contributed by atoms with Crippen molar-refractivity contribution in [2.75, 3.05) is 0 Å². The van der Waals surface area contributed by atoms with Gasteiger partial charge in [-0.25, -0.2) is 0 Å². The number of benzene rings is 1. The van der Waals surface area contributed by atoms with Crippen molar-refractivity contribution in [2.45, 2.75) is 6.42 Å². The molecule has 0 aliphatic carbocycles. The fourth-order valence-electron chi connectivity index (χ4n) is 1.31.